The number of aryl methyl sites for hydroxylation is 1. The molecule has 0 bridgehead atoms. The number of hydrogen-bond acceptors (Lipinski definition) is 6. The summed E-state index contributed by atoms with van der Waals surface area (Å²) in [6.45, 7) is 8.53. The van der Waals surface area contributed by atoms with Crippen molar-refractivity contribution in [1.82, 2.24) is 9.80 Å². The van der Waals surface area contributed by atoms with Gasteiger partial charge in [-0.1, -0.05) is 61.3 Å². The van der Waals surface area contributed by atoms with Crippen molar-refractivity contribution >= 4 is 40.7 Å². The minimum atomic E-state index is -0.781. The molecule has 1 saturated heterocycles. The van der Waals surface area contributed by atoms with E-state index in [0.29, 0.717) is 13.1 Å². The maximum atomic E-state index is 13.3. The minimum Gasteiger partial charge on any atom is -0.507 e. The molecule has 0 aromatic heterocycles. The first-order valence-corrected chi connectivity index (χ1v) is 12.1. The molecule has 1 aliphatic rings. The molecular formula is C26H30Cl2N2O5. The quantitative estimate of drug-likeness (QED) is 0.282. The molecule has 2 aromatic carbocycles. The van der Waals surface area contributed by atoms with Crippen LogP contribution in [-0.2, 0) is 9.59 Å². The zero-order chi connectivity index (χ0) is 25.9. The molecule has 1 fully saturated rings. The van der Waals surface area contributed by atoms with Gasteiger partial charge in [-0.15, -0.1) is 0 Å². The summed E-state index contributed by atoms with van der Waals surface area (Å²) in [6.07, 6.45) is 0. The number of likely N-dealkylation sites (tertiary alicyclic amines) is 1. The van der Waals surface area contributed by atoms with Crippen LogP contribution in [-0.4, -0.2) is 67.0 Å². The second-order valence-electron chi connectivity index (χ2n) is 8.16. The lowest BCUT2D eigenvalue weighted by atomic mass is 9.92. The van der Waals surface area contributed by atoms with Crippen LogP contribution in [0.4, 0.5) is 0 Å². The third-order valence-corrected chi connectivity index (χ3v) is 6.99. The number of benzene rings is 2. The average Bonchev–Trinajstić information content (AvgIpc) is 3.09. The lowest BCUT2D eigenvalue weighted by Crippen LogP contribution is -2.38. The molecular weight excluding hydrogens is 491 g/mol. The van der Waals surface area contributed by atoms with Gasteiger partial charge in [0, 0.05) is 13.1 Å². The maximum absolute atomic E-state index is 13.3. The number of halogens is 2. The van der Waals surface area contributed by atoms with Crippen molar-refractivity contribution in [2.24, 2.45) is 0 Å². The number of carbonyl (C=O) groups excluding carboxylic acids is 2. The van der Waals surface area contributed by atoms with E-state index in [1.165, 1.54) is 25.2 Å². The second-order valence-corrected chi connectivity index (χ2v) is 8.95. The van der Waals surface area contributed by atoms with E-state index in [-0.39, 0.29) is 32.7 Å². The van der Waals surface area contributed by atoms with Crippen molar-refractivity contribution in [2.75, 3.05) is 40.4 Å². The fourth-order valence-electron chi connectivity index (χ4n) is 4.41. The predicted octanol–water partition coefficient (Wildman–Crippen LogP) is 5.08. The van der Waals surface area contributed by atoms with E-state index in [9.17, 15) is 14.7 Å². The molecule has 9 heteroatoms. The third-order valence-electron chi connectivity index (χ3n) is 6.37. The summed E-state index contributed by atoms with van der Waals surface area (Å²) in [5, 5.41) is 11.7. The van der Waals surface area contributed by atoms with Gasteiger partial charge in [0.1, 0.15) is 10.8 Å². The van der Waals surface area contributed by atoms with E-state index in [0.717, 1.165) is 24.2 Å². The smallest absolute Gasteiger partial charge is 0.295 e. The van der Waals surface area contributed by atoms with Crippen molar-refractivity contribution < 1.29 is 24.2 Å². The molecule has 1 atom stereocenters. The summed E-state index contributed by atoms with van der Waals surface area (Å²) in [4.78, 5) is 30.3. The monoisotopic (exact) mass is 520 g/mol. The van der Waals surface area contributed by atoms with E-state index in [4.69, 9.17) is 32.7 Å². The molecule has 0 aliphatic carbocycles. The Morgan fingerprint density at radius 3 is 2.29 bits per heavy atom. The number of amides is 1. The molecule has 0 radical (unpaired) electrons. The van der Waals surface area contributed by atoms with Crippen LogP contribution in [0.2, 0.25) is 10.0 Å². The highest BCUT2D eigenvalue weighted by molar-refractivity contribution is 6.47. The first-order chi connectivity index (χ1) is 16.7. The normalized spacial score (nSPS) is 17.4. The number of nitrogens with zero attached hydrogens (tertiary/aromatic N) is 2. The summed E-state index contributed by atoms with van der Waals surface area (Å²) in [7, 11) is 2.79. The highest BCUT2D eigenvalue weighted by Gasteiger charge is 2.46. The molecule has 35 heavy (non-hydrogen) atoms. The summed E-state index contributed by atoms with van der Waals surface area (Å²) in [5.41, 5.74) is 1.69. The Kier molecular flexibility index (Phi) is 8.70. The lowest BCUT2D eigenvalue weighted by Gasteiger charge is -2.29. The number of hydrogen-bond donors (Lipinski definition) is 1. The van der Waals surface area contributed by atoms with E-state index in [1.54, 1.807) is 0 Å². The van der Waals surface area contributed by atoms with Gasteiger partial charge in [0.15, 0.2) is 11.5 Å². The summed E-state index contributed by atoms with van der Waals surface area (Å²) in [6, 6.07) is 8.12. The standard InChI is InChI=1S/C26H30Cl2N2O5/c1-6-29(7-2)12-13-30-21(16-11-9-8-10-15(16)3)19(23(32)26(30)33)22(31)17-14-18(27)25(35-5)20(28)24(17)34-4/h8-11,14,21,31H,6-7,12-13H2,1-5H3/b22-19+. The number of methoxy groups -OCH3 is 2. The van der Waals surface area contributed by atoms with Gasteiger partial charge in [0.05, 0.1) is 36.4 Å². The maximum Gasteiger partial charge on any atom is 0.295 e. The van der Waals surface area contributed by atoms with Crippen LogP contribution in [0.5, 0.6) is 11.5 Å². The number of likely N-dealkylation sites (N-methyl/N-ethyl adjacent to an activating group) is 1. The van der Waals surface area contributed by atoms with Gasteiger partial charge in [-0.3, -0.25) is 9.59 Å². The molecule has 7 nitrogen and oxygen atoms in total. The predicted molar refractivity (Wildman–Crippen MR) is 138 cm³/mol. The Hall–Kier alpha value is -2.74. The van der Waals surface area contributed by atoms with Gasteiger partial charge in [0.2, 0.25) is 0 Å². The Labute approximate surface area is 215 Å². The van der Waals surface area contributed by atoms with Crippen molar-refractivity contribution in [3.63, 3.8) is 0 Å². The van der Waals surface area contributed by atoms with Gasteiger partial charge in [-0.2, -0.15) is 0 Å². The van der Waals surface area contributed by atoms with E-state index in [2.05, 4.69) is 4.90 Å². The van der Waals surface area contributed by atoms with Crippen LogP contribution < -0.4 is 9.47 Å². The highest BCUT2D eigenvalue weighted by Crippen LogP contribution is 2.47. The van der Waals surface area contributed by atoms with E-state index in [1.807, 2.05) is 45.0 Å². The van der Waals surface area contributed by atoms with Crippen LogP contribution in [0, 0.1) is 6.92 Å². The molecule has 2 aromatic rings. The van der Waals surface area contributed by atoms with E-state index < -0.39 is 23.5 Å². The molecule has 0 saturated carbocycles. The first kappa shape index (κ1) is 26.9. The number of aliphatic hydroxyl groups is 1. The molecule has 1 amide bonds. The fraction of sp³-hybridized carbons (Fsp3) is 0.385. The van der Waals surface area contributed by atoms with Gasteiger partial charge in [0.25, 0.3) is 11.7 Å². The zero-order valence-corrected chi connectivity index (χ0v) is 22.0. The van der Waals surface area contributed by atoms with Crippen LogP contribution in [0.25, 0.3) is 5.76 Å². The number of ketones is 1. The number of aliphatic hydroxyl groups excluding tert-OH is 1. The Bertz CT molecular complexity index is 1160. The van der Waals surface area contributed by atoms with Crippen LogP contribution in [0.1, 0.15) is 36.6 Å². The molecule has 1 N–H and O–H groups in total. The third kappa shape index (κ3) is 4.99. The average molecular weight is 521 g/mol. The van der Waals surface area contributed by atoms with Crippen molar-refractivity contribution in [3.05, 3.63) is 62.6 Å². The number of carbonyl (C=O) groups is 2. The van der Waals surface area contributed by atoms with Crippen LogP contribution in [0.15, 0.2) is 35.9 Å². The zero-order valence-electron chi connectivity index (χ0n) is 20.5. The Morgan fingerprint density at radius 1 is 1.09 bits per heavy atom. The number of ether oxygens (including phenoxy) is 2. The van der Waals surface area contributed by atoms with Crippen molar-refractivity contribution in [1.29, 1.82) is 0 Å². The second kappa shape index (κ2) is 11.3. The van der Waals surface area contributed by atoms with Crippen molar-refractivity contribution in [2.45, 2.75) is 26.8 Å². The SMILES string of the molecule is CCN(CC)CCN1C(=O)C(=O)/C(=C(/O)c2cc(Cl)c(OC)c(Cl)c2OC)C1c1ccccc1C. The number of rotatable bonds is 9. The summed E-state index contributed by atoms with van der Waals surface area (Å²) < 4.78 is 10.7. The first-order valence-electron chi connectivity index (χ1n) is 11.4. The van der Waals surface area contributed by atoms with Crippen LogP contribution in [0.3, 0.4) is 0 Å². The molecule has 188 valence electrons. The lowest BCUT2D eigenvalue weighted by molar-refractivity contribution is -0.140. The molecule has 3 rings (SSSR count). The fourth-order valence-corrected chi connectivity index (χ4v) is 5.10. The highest BCUT2D eigenvalue weighted by atomic mass is 35.5. The number of Topliss-reactive ketones (excluding diaryl/α,β-unsaturated/α-hetero) is 1. The molecule has 1 unspecified atom stereocenters. The molecule has 1 aliphatic heterocycles. The van der Waals surface area contributed by atoms with Gasteiger partial charge >= 0.3 is 0 Å². The van der Waals surface area contributed by atoms with Gasteiger partial charge in [-0.25, -0.2) is 0 Å². The summed E-state index contributed by atoms with van der Waals surface area (Å²) >= 11 is 12.8. The van der Waals surface area contributed by atoms with Gasteiger partial charge < -0.3 is 24.4 Å². The van der Waals surface area contributed by atoms with Crippen LogP contribution >= 0.6 is 23.2 Å². The molecule has 0 spiro atoms. The van der Waals surface area contributed by atoms with Crippen molar-refractivity contribution in [3.8, 4) is 11.5 Å². The van der Waals surface area contributed by atoms with Gasteiger partial charge in [-0.05, 0) is 37.2 Å². The topological polar surface area (TPSA) is 79.3 Å². The van der Waals surface area contributed by atoms with E-state index >= 15 is 0 Å². The Balaban J connectivity index is 2.25. The Morgan fingerprint density at radius 2 is 1.71 bits per heavy atom. The largest absolute Gasteiger partial charge is 0.507 e. The summed E-state index contributed by atoms with van der Waals surface area (Å²) in [5.74, 6) is -1.59. The minimum absolute atomic E-state index is 0.0422. The molecule has 1 heterocycles.